The van der Waals surface area contributed by atoms with Crippen LogP contribution in [0.5, 0.6) is 0 Å². The Balaban J connectivity index is 2.10. The van der Waals surface area contributed by atoms with Gasteiger partial charge in [0.1, 0.15) is 18.7 Å². The largest absolute Gasteiger partial charge is 0.442 e. The Morgan fingerprint density at radius 1 is 1.07 bits per heavy atom. The van der Waals surface area contributed by atoms with Gasteiger partial charge in [-0.1, -0.05) is 56.7 Å². The van der Waals surface area contributed by atoms with Crippen molar-refractivity contribution in [2.45, 2.75) is 65.1 Å². The smallest absolute Gasteiger partial charge is 0.410 e. The van der Waals surface area contributed by atoms with E-state index in [1.165, 1.54) is 0 Å². The van der Waals surface area contributed by atoms with Gasteiger partial charge in [0, 0.05) is 56.3 Å². The summed E-state index contributed by atoms with van der Waals surface area (Å²) in [5.74, 6) is -0.374. The first-order valence-electron chi connectivity index (χ1n) is 14.3. The molecule has 0 saturated carbocycles. The van der Waals surface area contributed by atoms with Gasteiger partial charge in [0.2, 0.25) is 0 Å². The molecule has 0 unspecified atom stereocenters. The number of rotatable bonds is 15. The molecule has 0 aliphatic carbocycles. The van der Waals surface area contributed by atoms with Crippen molar-refractivity contribution in [2.24, 2.45) is 17.8 Å². The number of piperazine rings is 1. The molecule has 2 rings (SSSR count). The summed E-state index contributed by atoms with van der Waals surface area (Å²) in [4.78, 5) is 44.0. The van der Waals surface area contributed by atoms with Crippen molar-refractivity contribution in [1.29, 1.82) is 0 Å². The molecular weight excluding hydrogens is 506 g/mol. The van der Waals surface area contributed by atoms with Crippen LogP contribution in [0.3, 0.4) is 0 Å². The molecular formula is C32H47N3O5. The number of carbonyl (C=O) groups excluding carboxylic acids is 3. The third kappa shape index (κ3) is 11.2. The number of aldehydes is 2. The second-order valence-electron chi connectivity index (χ2n) is 11.0. The molecule has 2 heterocycles. The van der Waals surface area contributed by atoms with Gasteiger partial charge in [-0.3, -0.25) is 4.98 Å². The van der Waals surface area contributed by atoms with E-state index in [1.807, 2.05) is 70.3 Å². The zero-order chi connectivity index (χ0) is 29.5. The molecule has 0 spiro atoms. The Morgan fingerprint density at radius 3 is 2.42 bits per heavy atom. The average molecular weight is 554 g/mol. The van der Waals surface area contributed by atoms with Gasteiger partial charge in [0.15, 0.2) is 0 Å². The predicted molar refractivity (Wildman–Crippen MR) is 158 cm³/mol. The summed E-state index contributed by atoms with van der Waals surface area (Å²) in [7, 11) is 2.03. The fourth-order valence-corrected chi connectivity index (χ4v) is 4.65. The average Bonchev–Trinajstić information content (AvgIpc) is 2.95. The Kier molecular flexibility index (Phi) is 14.5. The number of allylic oxidation sites excluding steroid dienone is 5. The molecule has 1 aromatic rings. The molecule has 220 valence electrons. The maximum absolute atomic E-state index is 13.0. The molecule has 40 heavy (non-hydrogen) atoms. The van der Waals surface area contributed by atoms with Crippen molar-refractivity contribution in [1.82, 2.24) is 14.8 Å². The number of carbonyl (C=O) groups is 3. The zero-order valence-electron chi connectivity index (χ0n) is 24.7. The van der Waals surface area contributed by atoms with Gasteiger partial charge in [-0.15, -0.1) is 0 Å². The first-order valence-corrected chi connectivity index (χ1v) is 14.3. The molecule has 1 fully saturated rings. The lowest BCUT2D eigenvalue weighted by molar-refractivity contribution is -0.111. The number of aliphatic hydroxyl groups is 1. The summed E-state index contributed by atoms with van der Waals surface area (Å²) in [5, 5.41) is 10.0. The lowest BCUT2D eigenvalue weighted by atomic mass is 9.87. The Morgan fingerprint density at radius 2 is 1.80 bits per heavy atom. The molecule has 0 radical (unpaired) electrons. The molecule has 6 atom stereocenters. The first kappa shape index (κ1) is 33.1. The maximum atomic E-state index is 13.0. The number of likely N-dealkylation sites (N-methyl/N-ethyl adjacent to an activating group) is 1. The van der Waals surface area contributed by atoms with Crippen LogP contribution in [-0.2, 0) is 14.3 Å². The monoisotopic (exact) mass is 553 g/mol. The molecule has 1 N–H and O–H groups in total. The highest BCUT2D eigenvalue weighted by atomic mass is 16.6. The van der Waals surface area contributed by atoms with Crippen LogP contribution in [-0.4, -0.2) is 84.0 Å². The highest BCUT2D eigenvalue weighted by molar-refractivity contribution is 5.68. The third-order valence-corrected chi connectivity index (χ3v) is 7.64. The summed E-state index contributed by atoms with van der Waals surface area (Å²) in [5.41, 5.74) is 1.92. The fraction of sp³-hybridized carbons (Fsp3) is 0.562. The van der Waals surface area contributed by atoms with Crippen LogP contribution < -0.4 is 0 Å². The van der Waals surface area contributed by atoms with Crippen molar-refractivity contribution in [3.8, 4) is 0 Å². The normalized spacial score (nSPS) is 19.6. The molecule has 0 aromatic carbocycles. The van der Waals surface area contributed by atoms with Crippen molar-refractivity contribution in [2.75, 3.05) is 33.2 Å². The zero-order valence-corrected chi connectivity index (χ0v) is 24.7. The standard InChI is InChI=1S/C32H47N3O5/c1-24(9-8-10-26(3)30-11-6-7-17-33-30)29(23-37)25(2)13-15-31(27(4)12-14-28(38)16-22-36)40-32(39)35-20-18-34(5)19-21-35/h6-11,13,15,17,22-23,25-29,31,38H,12,14,16,18-21H2,1-5H3/b10-8+,15-13+,24-9+/t25-,26-,27+,28-,29+,31-/m0/s1. The van der Waals surface area contributed by atoms with Gasteiger partial charge < -0.3 is 29.2 Å². The van der Waals surface area contributed by atoms with E-state index in [0.29, 0.717) is 32.2 Å². The topological polar surface area (TPSA) is 100 Å². The molecule has 1 saturated heterocycles. The lowest BCUT2D eigenvalue weighted by Gasteiger charge is -2.33. The summed E-state index contributed by atoms with van der Waals surface area (Å²) in [6, 6.07) is 5.85. The second-order valence-corrected chi connectivity index (χ2v) is 11.0. The van der Waals surface area contributed by atoms with E-state index in [1.54, 1.807) is 11.1 Å². The second kappa shape index (κ2) is 17.6. The lowest BCUT2D eigenvalue weighted by Crippen LogP contribution is -2.48. The minimum atomic E-state index is -0.711. The number of hydrogen-bond acceptors (Lipinski definition) is 7. The van der Waals surface area contributed by atoms with Gasteiger partial charge >= 0.3 is 6.09 Å². The van der Waals surface area contributed by atoms with E-state index >= 15 is 0 Å². The van der Waals surface area contributed by atoms with Crippen molar-refractivity contribution >= 4 is 18.7 Å². The van der Waals surface area contributed by atoms with E-state index < -0.39 is 12.2 Å². The number of aromatic nitrogens is 1. The van der Waals surface area contributed by atoms with Crippen LogP contribution in [0.15, 0.2) is 60.3 Å². The molecule has 8 nitrogen and oxygen atoms in total. The molecule has 8 heteroatoms. The number of hydrogen-bond donors (Lipinski definition) is 1. The summed E-state index contributed by atoms with van der Waals surface area (Å²) < 4.78 is 5.95. The minimum Gasteiger partial charge on any atom is -0.442 e. The highest BCUT2D eigenvalue weighted by Gasteiger charge is 2.26. The van der Waals surface area contributed by atoms with Crippen LogP contribution >= 0.6 is 0 Å². The Bertz CT molecular complexity index is 1000. The van der Waals surface area contributed by atoms with E-state index in [0.717, 1.165) is 30.6 Å². The quantitative estimate of drug-likeness (QED) is 0.189. The van der Waals surface area contributed by atoms with Crippen LogP contribution in [0.1, 0.15) is 58.6 Å². The molecule has 1 aromatic heterocycles. The summed E-state index contributed by atoms with van der Waals surface area (Å²) in [6.45, 7) is 10.8. The Hall–Kier alpha value is -3.10. The SMILES string of the molecule is C/C(=C\C=C\[C@H](C)c1ccccn1)[C@@H](C=O)[C@@H](C)/C=C/[C@H](OC(=O)N1CCN(C)CC1)[C@H](C)CC[C@H](O)CC=O. The van der Waals surface area contributed by atoms with Gasteiger partial charge in [-0.2, -0.15) is 0 Å². The van der Waals surface area contributed by atoms with Crippen LogP contribution in [0.25, 0.3) is 0 Å². The summed E-state index contributed by atoms with van der Waals surface area (Å²) >= 11 is 0. The van der Waals surface area contributed by atoms with Crippen LogP contribution in [0.4, 0.5) is 4.79 Å². The Labute approximate surface area is 239 Å². The number of nitrogens with zero attached hydrogens (tertiary/aromatic N) is 3. The van der Waals surface area contributed by atoms with E-state index in [4.69, 9.17) is 4.74 Å². The van der Waals surface area contributed by atoms with Crippen molar-refractivity contribution in [3.63, 3.8) is 0 Å². The predicted octanol–water partition coefficient (Wildman–Crippen LogP) is 4.81. The van der Waals surface area contributed by atoms with E-state index in [-0.39, 0.29) is 36.2 Å². The number of amides is 1. The van der Waals surface area contributed by atoms with Gasteiger partial charge in [0.25, 0.3) is 0 Å². The maximum Gasteiger partial charge on any atom is 0.410 e. The van der Waals surface area contributed by atoms with Crippen LogP contribution in [0.2, 0.25) is 0 Å². The number of pyridine rings is 1. The first-order chi connectivity index (χ1) is 19.2. The van der Waals surface area contributed by atoms with Crippen molar-refractivity contribution in [3.05, 3.63) is 66.0 Å². The molecule has 1 aliphatic heterocycles. The fourth-order valence-electron chi connectivity index (χ4n) is 4.65. The minimum absolute atomic E-state index is 0.0801. The van der Waals surface area contributed by atoms with Gasteiger partial charge in [0.05, 0.1) is 6.10 Å². The van der Waals surface area contributed by atoms with E-state index in [9.17, 15) is 19.5 Å². The molecule has 1 amide bonds. The molecule has 0 bridgehead atoms. The third-order valence-electron chi connectivity index (χ3n) is 7.64. The number of ether oxygens (including phenoxy) is 1. The number of aliphatic hydroxyl groups excluding tert-OH is 1. The van der Waals surface area contributed by atoms with Crippen LogP contribution in [0, 0.1) is 17.8 Å². The molecule has 1 aliphatic rings. The van der Waals surface area contributed by atoms with Gasteiger partial charge in [-0.25, -0.2) is 4.79 Å². The van der Waals surface area contributed by atoms with Gasteiger partial charge in [-0.05, 0) is 56.9 Å². The van der Waals surface area contributed by atoms with E-state index in [2.05, 4.69) is 22.9 Å². The summed E-state index contributed by atoms with van der Waals surface area (Å²) in [6.07, 6.45) is 12.8. The van der Waals surface area contributed by atoms with Crippen molar-refractivity contribution < 1.29 is 24.2 Å². The highest BCUT2D eigenvalue weighted by Crippen LogP contribution is 2.24.